The molecule has 0 saturated heterocycles. The molecule has 1 heteroatoms. The van der Waals surface area contributed by atoms with Gasteiger partial charge in [-0.05, 0) is 44.1 Å². The molecule has 0 aromatic heterocycles. The van der Waals surface area contributed by atoms with Gasteiger partial charge in [-0.1, -0.05) is 43.4 Å². The highest BCUT2D eigenvalue weighted by atomic mass is 16.5. The number of rotatable bonds is 5. The molecule has 17 heavy (non-hydrogen) atoms. The second kappa shape index (κ2) is 7.50. The van der Waals surface area contributed by atoms with E-state index in [1.807, 2.05) is 62.4 Å². The van der Waals surface area contributed by atoms with Gasteiger partial charge < -0.3 is 4.74 Å². The van der Waals surface area contributed by atoms with Crippen molar-refractivity contribution in [1.82, 2.24) is 0 Å². The van der Waals surface area contributed by atoms with E-state index in [1.165, 1.54) is 5.56 Å². The fourth-order valence-corrected chi connectivity index (χ4v) is 1.50. The maximum atomic E-state index is 5.90. The van der Waals surface area contributed by atoms with Crippen LogP contribution in [0.3, 0.4) is 0 Å². The first-order chi connectivity index (χ1) is 8.31. The predicted octanol–water partition coefficient (Wildman–Crippen LogP) is 4.66. The average molecular weight is 228 g/mol. The van der Waals surface area contributed by atoms with E-state index < -0.39 is 0 Å². The van der Waals surface area contributed by atoms with Gasteiger partial charge in [0.25, 0.3) is 0 Å². The third-order valence-corrected chi connectivity index (χ3v) is 2.37. The molecule has 0 unspecified atom stereocenters. The van der Waals surface area contributed by atoms with Gasteiger partial charge in [0.1, 0.15) is 11.5 Å². The molecule has 0 saturated carbocycles. The van der Waals surface area contributed by atoms with E-state index in [0.717, 1.165) is 17.9 Å². The van der Waals surface area contributed by atoms with Crippen molar-refractivity contribution in [3.8, 4) is 5.75 Å². The van der Waals surface area contributed by atoms with Crippen molar-refractivity contribution in [3.63, 3.8) is 0 Å². The average Bonchev–Trinajstić information content (AvgIpc) is 2.37. The van der Waals surface area contributed by atoms with E-state index in [9.17, 15) is 0 Å². The molecule has 0 amide bonds. The highest BCUT2D eigenvalue weighted by molar-refractivity contribution is 5.36. The molecule has 1 aromatic carbocycles. The fourth-order valence-electron chi connectivity index (χ4n) is 1.50. The zero-order valence-corrected chi connectivity index (χ0v) is 10.8. The molecule has 0 radical (unpaired) electrons. The smallest absolute Gasteiger partial charge is 0.130 e. The van der Waals surface area contributed by atoms with Crippen LogP contribution >= 0.6 is 0 Å². The van der Waals surface area contributed by atoms with Crippen LogP contribution < -0.4 is 4.74 Å². The summed E-state index contributed by atoms with van der Waals surface area (Å²) in [5.41, 5.74) is 1.23. The predicted molar refractivity (Wildman–Crippen MR) is 74.2 cm³/mol. The third-order valence-electron chi connectivity index (χ3n) is 2.37. The molecule has 1 rings (SSSR count). The maximum Gasteiger partial charge on any atom is 0.130 e. The van der Waals surface area contributed by atoms with Gasteiger partial charge >= 0.3 is 0 Å². The van der Waals surface area contributed by atoms with Crippen LogP contribution in [-0.2, 0) is 6.42 Å². The summed E-state index contributed by atoms with van der Waals surface area (Å²) in [5, 5.41) is 0. The van der Waals surface area contributed by atoms with Gasteiger partial charge in [0.2, 0.25) is 0 Å². The zero-order valence-electron chi connectivity index (χ0n) is 10.8. The van der Waals surface area contributed by atoms with Crippen LogP contribution in [0, 0.1) is 0 Å². The van der Waals surface area contributed by atoms with Crippen LogP contribution in [-0.4, -0.2) is 0 Å². The minimum Gasteiger partial charge on any atom is -0.457 e. The van der Waals surface area contributed by atoms with Gasteiger partial charge in [-0.3, -0.25) is 0 Å². The van der Waals surface area contributed by atoms with Crippen molar-refractivity contribution in [3.05, 3.63) is 66.0 Å². The number of aryl methyl sites for hydroxylation is 1. The van der Waals surface area contributed by atoms with Gasteiger partial charge in [-0.2, -0.15) is 0 Å². The molecule has 0 fully saturated rings. The van der Waals surface area contributed by atoms with Crippen molar-refractivity contribution in [2.45, 2.75) is 27.2 Å². The Hall–Kier alpha value is -1.76. The second-order valence-electron chi connectivity index (χ2n) is 3.66. The Bertz CT molecular complexity index is 425. The normalized spacial score (nSPS) is 12.5. The molecular weight excluding hydrogens is 208 g/mol. The number of hydrogen-bond acceptors (Lipinski definition) is 1. The van der Waals surface area contributed by atoms with Crippen molar-refractivity contribution in [1.29, 1.82) is 0 Å². The van der Waals surface area contributed by atoms with E-state index >= 15 is 0 Å². The lowest BCUT2D eigenvalue weighted by Crippen LogP contribution is -1.95. The van der Waals surface area contributed by atoms with Gasteiger partial charge in [-0.25, -0.2) is 0 Å². The monoisotopic (exact) mass is 228 g/mol. The lowest BCUT2D eigenvalue weighted by atomic mass is 10.1. The Morgan fingerprint density at radius 2 is 1.94 bits per heavy atom. The topological polar surface area (TPSA) is 9.23 Å². The summed E-state index contributed by atoms with van der Waals surface area (Å²) < 4.78 is 5.90. The molecule has 0 atom stereocenters. The molecular formula is C16H20O. The van der Waals surface area contributed by atoms with Crippen LogP contribution in [0.2, 0.25) is 0 Å². The highest BCUT2D eigenvalue weighted by Gasteiger charge is 2.01. The number of hydrogen-bond donors (Lipinski definition) is 0. The van der Waals surface area contributed by atoms with Crippen molar-refractivity contribution >= 4 is 0 Å². The molecule has 0 aliphatic heterocycles. The standard InChI is InChI=1S/C16H20O/c1-4-7-12-15(10-5-2)17-16-13-9-8-11-14(16)6-3/h4-5,7-13H,6H2,1-3H3/b7-4+,10-5-,15-12+. The molecule has 0 bridgehead atoms. The van der Waals surface area contributed by atoms with Crippen molar-refractivity contribution in [2.24, 2.45) is 0 Å². The zero-order chi connectivity index (χ0) is 12.5. The van der Waals surface area contributed by atoms with Crippen LogP contribution in [0.15, 0.2) is 60.4 Å². The number of ether oxygens (including phenoxy) is 1. The summed E-state index contributed by atoms with van der Waals surface area (Å²) in [6.45, 7) is 6.11. The van der Waals surface area contributed by atoms with Crippen LogP contribution in [0.25, 0.3) is 0 Å². The minimum absolute atomic E-state index is 0.853. The lowest BCUT2D eigenvalue weighted by Gasteiger charge is -2.10. The minimum atomic E-state index is 0.853. The summed E-state index contributed by atoms with van der Waals surface area (Å²) in [7, 11) is 0. The Labute approximate surface area is 104 Å². The van der Waals surface area contributed by atoms with Crippen LogP contribution in [0.5, 0.6) is 5.75 Å². The number of allylic oxidation sites excluding steroid dienone is 5. The van der Waals surface area contributed by atoms with Crippen molar-refractivity contribution < 1.29 is 4.74 Å². The van der Waals surface area contributed by atoms with E-state index in [4.69, 9.17) is 4.74 Å². The van der Waals surface area contributed by atoms with Gasteiger partial charge in [0.15, 0.2) is 0 Å². The molecule has 0 heterocycles. The SMILES string of the molecule is C\C=C/C(=C\C=C\C)Oc1ccccc1CC. The summed E-state index contributed by atoms with van der Waals surface area (Å²) in [6, 6.07) is 8.14. The van der Waals surface area contributed by atoms with Crippen LogP contribution in [0.1, 0.15) is 26.3 Å². The Kier molecular flexibility index (Phi) is 5.87. The summed E-state index contributed by atoms with van der Waals surface area (Å²) in [5.74, 6) is 1.79. The largest absolute Gasteiger partial charge is 0.457 e. The van der Waals surface area contributed by atoms with Crippen LogP contribution in [0.4, 0.5) is 0 Å². The van der Waals surface area contributed by atoms with Gasteiger partial charge in [0.05, 0.1) is 0 Å². The first kappa shape index (κ1) is 13.3. The Balaban J connectivity index is 2.93. The Morgan fingerprint density at radius 3 is 2.59 bits per heavy atom. The molecule has 90 valence electrons. The highest BCUT2D eigenvalue weighted by Crippen LogP contribution is 2.21. The van der Waals surface area contributed by atoms with E-state index in [1.54, 1.807) is 0 Å². The Morgan fingerprint density at radius 1 is 1.18 bits per heavy atom. The third kappa shape index (κ3) is 4.31. The first-order valence-corrected chi connectivity index (χ1v) is 6.03. The lowest BCUT2D eigenvalue weighted by molar-refractivity contribution is 0.439. The second-order valence-corrected chi connectivity index (χ2v) is 3.66. The fraction of sp³-hybridized carbons (Fsp3) is 0.250. The maximum absolute atomic E-state index is 5.90. The van der Waals surface area contributed by atoms with E-state index in [0.29, 0.717) is 0 Å². The molecule has 0 spiro atoms. The molecule has 0 N–H and O–H groups in total. The molecule has 1 aromatic rings. The van der Waals surface area contributed by atoms with Gasteiger partial charge in [0, 0.05) is 0 Å². The van der Waals surface area contributed by atoms with Crippen molar-refractivity contribution in [2.75, 3.05) is 0 Å². The first-order valence-electron chi connectivity index (χ1n) is 6.03. The number of para-hydroxylation sites is 1. The molecule has 0 aliphatic rings. The molecule has 1 nitrogen and oxygen atoms in total. The van der Waals surface area contributed by atoms with E-state index in [-0.39, 0.29) is 0 Å². The molecule has 0 aliphatic carbocycles. The van der Waals surface area contributed by atoms with E-state index in [2.05, 4.69) is 13.0 Å². The summed E-state index contributed by atoms with van der Waals surface area (Å²) in [6.07, 6.45) is 10.8. The quantitative estimate of drug-likeness (QED) is 0.526. The van der Waals surface area contributed by atoms with Gasteiger partial charge in [-0.15, -0.1) is 0 Å². The summed E-state index contributed by atoms with van der Waals surface area (Å²) in [4.78, 5) is 0. The summed E-state index contributed by atoms with van der Waals surface area (Å²) >= 11 is 0. The number of benzene rings is 1.